The summed E-state index contributed by atoms with van der Waals surface area (Å²) >= 11 is 0. The number of amides is 2. The standard InChI is InChI=1S/C17H17N3O4/c21-17(19-14-5-7-15(8-6-14)20(22)23)18-10-12-9-13-3-1-2-4-16(13)24-11-12/h1-8,12H,9-11H2,(H2,18,19,21). The topological polar surface area (TPSA) is 93.5 Å². The first-order valence-corrected chi connectivity index (χ1v) is 7.62. The number of hydrogen-bond acceptors (Lipinski definition) is 4. The van der Waals surface area contributed by atoms with Gasteiger partial charge in [0, 0.05) is 30.3 Å². The van der Waals surface area contributed by atoms with Gasteiger partial charge in [0.1, 0.15) is 5.75 Å². The molecule has 2 N–H and O–H groups in total. The number of urea groups is 1. The minimum atomic E-state index is -0.481. The van der Waals surface area contributed by atoms with E-state index in [0.717, 1.165) is 17.7 Å². The number of para-hydroxylation sites is 1. The highest BCUT2D eigenvalue weighted by Gasteiger charge is 2.20. The number of fused-ring (bicyclic) bond motifs is 1. The molecule has 0 saturated carbocycles. The van der Waals surface area contributed by atoms with E-state index in [4.69, 9.17) is 4.74 Å². The summed E-state index contributed by atoms with van der Waals surface area (Å²) < 4.78 is 5.69. The number of non-ortho nitro benzene ring substituents is 1. The fraction of sp³-hybridized carbons (Fsp3) is 0.235. The molecule has 0 bridgehead atoms. The van der Waals surface area contributed by atoms with E-state index in [9.17, 15) is 14.9 Å². The third-order valence-corrected chi connectivity index (χ3v) is 3.84. The molecule has 1 aliphatic heterocycles. The van der Waals surface area contributed by atoms with Gasteiger partial charge in [-0.25, -0.2) is 4.79 Å². The number of anilines is 1. The SMILES string of the molecule is O=C(NCC1COc2ccccc2C1)Nc1ccc([N+](=O)[O-])cc1. The van der Waals surface area contributed by atoms with Crippen LogP contribution in [-0.2, 0) is 6.42 Å². The molecule has 0 fully saturated rings. The lowest BCUT2D eigenvalue weighted by molar-refractivity contribution is -0.384. The van der Waals surface area contributed by atoms with E-state index in [1.54, 1.807) is 0 Å². The number of hydrogen-bond donors (Lipinski definition) is 2. The Balaban J connectivity index is 1.48. The monoisotopic (exact) mass is 327 g/mol. The normalized spacial score (nSPS) is 15.8. The van der Waals surface area contributed by atoms with Crippen LogP contribution in [0.1, 0.15) is 5.56 Å². The van der Waals surface area contributed by atoms with Crippen LogP contribution in [0.2, 0.25) is 0 Å². The van der Waals surface area contributed by atoms with Crippen LogP contribution in [0.4, 0.5) is 16.2 Å². The zero-order valence-corrected chi connectivity index (χ0v) is 12.9. The van der Waals surface area contributed by atoms with Crippen molar-refractivity contribution in [3.05, 3.63) is 64.2 Å². The van der Waals surface area contributed by atoms with E-state index in [1.165, 1.54) is 24.3 Å². The number of nitro benzene ring substituents is 1. The lowest BCUT2D eigenvalue weighted by Gasteiger charge is -2.25. The van der Waals surface area contributed by atoms with E-state index in [0.29, 0.717) is 18.8 Å². The van der Waals surface area contributed by atoms with Crippen LogP contribution in [0.25, 0.3) is 0 Å². The van der Waals surface area contributed by atoms with Gasteiger partial charge in [-0.05, 0) is 30.2 Å². The molecule has 1 aliphatic rings. The van der Waals surface area contributed by atoms with Crippen LogP contribution in [-0.4, -0.2) is 24.1 Å². The molecule has 1 atom stereocenters. The second-order valence-corrected chi connectivity index (χ2v) is 5.63. The zero-order chi connectivity index (χ0) is 16.9. The predicted octanol–water partition coefficient (Wildman–Crippen LogP) is 2.97. The highest BCUT2D eigenvalue weighted by molar-refractivity contribution is 5.89. The lowest BCUT2D eigenvalue weighted by atomic mass is 9.97. The van der Waals surface area contributed by atoms with Gasteiger partial charge >= 0.3 is 6.03 Å². The molecular formula is C17H17N3O4. The van der Waals surface area contributed by atoms with Gasteiger partial charge in [0.2, 0.25) is 0 Å². The molecule has 7 heteroatoms. The van der Waals surface area contributed by atoms with E-state index >= 15 is 0 Å². The molecule has 1 unspecified atom stereocenters. The Morgan fingerprint density at radius 3 is 2.71 bits per heavy atom. The third kappa shape index (κ3) is 3.81. The second-order valence-electron chi connectivity index (χ2n) is 5.63. The Morgan fingerprint density at radius 2 is 1.96 bits per heavy atom. The average molecular weight is 327 g/mol. The molecule has 3 rings (SSSR count). The maximum atomic E-state index is 11.9. The Hall–Kier alpha value is -3.09. The van der Waals surface area contributed by atoms with Crippen molar-refractivity contribution in [2.24, 2.45) is 5.92 Å². The summed E-state index contributed by atoms with van der Waals surface area (Å²) in [5.41, 5.74) is 1.63. The summed E-state index contributed by atoms with van der Waals surface area (Å²) in [5.74, 6) is 1.12. The Morgan fingerprint density at radius 1 is 1.21 bits per heavy atom. The molecule has 2 amide bonds. The van der Waals surface area contributed by atoms with Crippen LogP contribution >= 0.6 is 0 Å². The number of carbonyl (C=O) groups is 1. The first kappa shape index (κ1) is 15.8. The minimum absolute atomic E-state index is 0.0148. The molecule has 0 aromatic heterocycles. The number of nitro groups is 1. The number of benzene rings is 2. The van der Waals surface area contributed by atoms with Gasteiger partial charge in [-0.3, -0.25) is 10.1 Å². The number of nitrogens with one attached hydrogen (secondary N) is 2. The van der Waals surface area contributed by atoms with E-state index < -0.39 is 4.92 Å². The Bertz CT molecular complexity index is 746. The summed E-state index contributed by atoms with van der Waals surface area (Å²) in [6.07, 6.45) is 0.855. The highest BCUT2D eigenvalue weighted by Crippen LogP contribution is 2.26. The zero-order valence-electron chi connectivity index (χ0n) is 12.9. The fourth-order valence-electron chi connectivity index (χ4n) is 2.60. The van der Waals surface area contributed by atoms with Gasteiger partial charge in [-0.1, -0.05) is 18.2 Å². The van der Waals surface area contributed by atoms with Gasteiger partial charge in [0.05, 0.1) is 11.5 Å². The first-order chi connectivity index (χ1) is 11.6. The third-order valence-electron chi connectivity index (χ3n) is 3.84. The van der Waals surface area contributed by atoms with Crippen LogP contribution in [0.5, 0.6) is 5.75 Å². The van der Waals surface area contributed by atoms with Gasteiger partial charge in [0.15, 0.2) is 0 Å². The molecule has 24 heavy (non-hydrogen) atoms. The molecule has 124 valence electrons. The second kappa shape index (κ2) is 6.99. The Labute approximate surface area is 138 Å². The largest absolute Gasteiger partial charge is 0.493 e. The van der Waals surface area contributed by atoms with Crippen molar-refractivity contribution in [2.45, 2.75) is 6.42 Å². The van der Waals surface area contributed by atoms with Crippen molar-refractivity contribution in [3.63, 3.8) is 0 Å². The number of rotatable bonds is 4. The predicted molar refractivity (Wildman–Crippen MR) is 89.2 cm³/mol. The smallest absolute Gasteiger partial charge is 0.319 e. The van der Waals surface area contributed by atoms with Crippen LogP contribution < -0.4 is 15.4 Å². The van der Waals surface area contributed by atoms with Crippen LogP contribution in [0.15, 0.2) is 48.5 Å². The average Bonchev–Trinajstić information content (AvgIpc) is 2.60. The molecule has 2 aromatic rings. The molecule has 0 radical (unpaired) electrons. The Kier molecular flexibility index (Phi) is 4.60. The lowest BCUT2D eigenvalue weighted by Crippen LogP contribution is -2.37. The molecule has 7 nitrogen and oxygen atoms in total. The first-order valence-electron chi connectivity index (χ1n) is 7.62. The van der Waals surface area contributed by atoms with Crippen molar-refractivity contribution in [3.8, 4) is 5.75 Å². The molecule has 0 saturated heterocycles. The van der Waals surface area contributed by atoms with E-state index in [2.05, 4.69) is 10.6 Å². The van der Waals surface area contributed by atoms with Gasteiger partial charge < -0.3 is 15.4 Å². The van der Waals surface area contributed by atoms with Gasteiger partial charge in [-0.2, -0.15) is 0 Å². The fourth-order valence-corrected chi connectivity index (χ4v) is 2.60. The summed E-state index contributed by atoms with van der Waals surface area (Å²) in [6.45, 7) is 1.06. The molecule has 1 heterocycles. The minimum Gasteiger partial charge on any atom is -0.493 e. The highest BCUT2D eigenvalue weighted by atomic mass is 16.6. The van der Waals surface area contributed by atoms with Gasteiger partial charge in [0.25, 0.3) is 5.69 Å². The van der Waals surface area contributed by atoms with Crippen LogP contribution in [0.3, 0.4) is 0 Å². The van der Waals surface area contributed by atoms with Crippen molar-refractivity contribution in [1.82, 2.24) is 5.32 Å². The number of nitrogens with zero attached hydrogens (tertiary/aromatic N) is 1. The van der Waals surface area contributed by atoms with Crippen molar-refractivity contribution in [1.29, 1.82) is 0 Å². The molecule has 2 aromatic carbocycles. The maximum absolute atomic E-state index is 11.9. The molecule has 0 spiro atoms. The van der Waals surface area contributed by atoms with Gasteiger partial charge in [-0.15, -0.1) is 0 Å². The number of ether oxygens (including phenoxy) is 1. The molecular weight excluding hydrogens is 310 g/mol. The number of carbonyl (C=O) groups excluding carboxylic acids is 1. The quantitative estimate of drug-likeness (QED) is 0.667. The maximum Gasteiger partial charge on any atom is 0.319 e. The summed E-state index contributed by atoms with van der Waals surface area (Å²) in [5, 5.41) is 16.1. The summed E-state index contributed by atoms with van der Waals surface area (Å²) in [6, 6.07) is 13.2. The van der Waals surface area contributed by atoms with Crippen molar-refractivity contribution >= 4 is 17.4 Å². The van der Waals surface area contributed by atoms with E-state index in [-0.39, 0.29) is 17.6 Å². The van der Waals surface area contributed by atoms with E-state index in [1.807, 2.05) is 24.3 Å². The summed E-state index contributed by atoms with van der Waals surface area (Å²) in [4.78, 5) is 22.0. The van der Waals surface area contributed by atoms with Crippen LogP contribution in [0, 0.1) is 16.0 Å². The van der Waals surface area contributed by atoms with Crippen molar-refractivity contribution < 1.29 is 14.5 Å². The van der Waals surface area contributed by atoms with Crippen molar-refractivity contribution in [2.75, 3.05) is 18.5 Å². The molecule has 0 aliphatic carbocycles. The summed E-state index contributed by atoms with van der Waals surface area (Å²) in [7, 11) is 0.